The molecule has 0 saturated heterocycles. The van der Waals surface area contributed by atoms with Crippen molar-refractivity contribution in [2.45, 2.75) is 20.3 Å². The third-order valence-electron chi connectivity index (χ3n) is 1.14. The molecule has 0 saturated carbocycles. The van der Waals surface area contributed by atoms with Crippen molar-refractivity contribution in [1.82, 2.24) is 5.32 Å². The van der Waals surface area contributed by atoms with Crippen LogP contribution in [0.1, 0.15) is 20.3 Å². The van der Waals surface area contributed by atoms with Gasteiger partial charge in [0.1, 0.15) is 0 Å². The van der Waals surface area contributed by atoms with E-state index in [1.54, 1.807) is 0 Å². The summed E-state index contributed by atoms with van der Waals surface area (Å²) in [7, 11) is 0. The van der Waals surface area contributed by atoms with Gasteiger partial charge in [0.2, 0.25) is 0 Å². The maximum atomic E-state index is 11.5. The molecular weight excluding hydrogens is 129 g/mol. The third kappa shape index (κ3) is 7.63. The molecule has 60 valence electrons. The van der Waals surface area contributed by atoms with Gasteiger partial charge < -0.3 is 5.32 Å². The lowest BCUT2D eigenvalue weighted by Crippen LogP contribution is -2.15. The summed E-state index contributed by atoms with van der Waals surface area (Å²) >= 11 is 0. The van der Waals surface area contributed by atoms with Crippen LogP contribution in [0.2, 0.25) is 0 Å². The Bertz CT molecular complexity index is 95.4. The molecule has 0 aromatic rings. The molecule has 0 aromatic carbocycles. The van der Waals surface area contributed by atoms with Gasteiger partial charge in [-0.3, -0.25) is 4.39 Å². The molecule has 10 heavy (non-hydrogen) atoms. The normalized spacial score (nSPS) is 9.50. The highest BCUT2D eigenvalue weighted by Gasteiger charge is 1.83. The van der Waals surface area contributed by atoms with Gasteiger partial charge in [-0.1, -0.05) is 11.6 Å². The second-order valence-electron chi connectivity index (χ2n) is 2.53. The second-order valence-corrected chi connectivity index (χ2v) is 2.53. The van der Waals surface area contributed by atoms with Gasteiger partial charge in [-0.25, -0.2) is 0 Å². The summed E-state index contributed by atoms with van der Waals surface area (Å²) < 4.78 is 11.5. The standard InChI is InChI=1S/C8H16FN/c1-8(2)4-7-10-6-3-5-9/h4,10H,3,5-7H2,1-2H3. The van der Waals surface area contributed by atoms with Crippen molar-refractivity contribution >= 4 is 0 Å². The summed E-state index contributed by atoms with van der Waals surface area (Å²) in [6.07, 6.45) is 2.72. The Morgan fingerprint density at radius 1 is 1.50 bits per heavy atom. The van der Waals surface area contributed by atoms with E-state index in [1.807, 2.05) is 0 Å². The van der Waals surface area contributed by atoms with Gasteiger partial charge in [-0.15, -0.1) is 0 Å². The Labute approximate surface area is 62.3 Å². The zero-order valence-corrected chi connectivity index (χ0v) is 6.78. The van der Waals surface area contributed by atoms with Gasteiger partial charge in [-0.2, -0.15) is 0 Å². The molecule has 0 rings (SSSR count). The Hall–Kier alpha value is -0.370. The summed E-state index contributed by atoms with van der Waals surface area (Å²) in [5.41, 5.74) is 1.30. The van der Waals surface area contributed by atoms with Crippen LogP contribution in [0.5, 0.6) is 0 Å². The summed E-state index contributed by atoms with van der Waals surface area (Å²) in [5.74, 6) is 0. The van der Waals surface area contributed by atoms with E-state index >= 15 is 0 Å². The van der Waals surface area contributed by atoms with E-state index in [2.05, 4.69) is 25.2 Å². The zero-order valence-electron chi connectivity index (χ0n) is 6.78. The van der Waals surface area contributed by atoms with Crippen LogP contribution in [0.3, 0.4) is 0 Å². The molecular formula is C8H16FN. The molecule has 0 aromatic heterocycles. The van der Waals surface area contributed by atoms with Crippen molar-refractivity contribution in [2.75, 3.05) is 19.8 Å². The SMILES string of the molecule is CC(C)=CCNCCCF. The first-order chi connectivity index (χ1) is 4.77. The highest BCUT2D eigenvalue weighted by atomic mass is 19.1. The summed E-state index contributed by atoms with van der Waals surface area (Å²) in [5, 5.41) is 3.10. The van der Waals surface area contributed by atoms with E-state index in [9.17, 15) is 4.39 Å². The topological polar surface area (TPSA) is 12.0 Å². The monoisotopic (exact) mass is 145 g/mol. The van der Waals surface area contributed by atoms with Crippen LogP contribution in [0.4, 0.5) is 4.39 Å². The molecule has 0 atom stereocenters. The number of halogens is 1. The Balaban J connectivity index is 2.98. The van der Waals surface area contributed by atoms with Crippen LogP contribution in [0, 0.1) is 0 Å². The predicted molar refractivity (Wildman–Crippen MR) is 42.9 cm³/mol. The third-order valence-corrected chi connectivity index (χ3v) is 1.14. The first kappa shape index (κ1) is 9.63. The fourth-order valence-electron chi connectivity index (χ4n) is 0.570. The Morgan fingerprint density at radius 3 is 2.70 bits per heavy atom. The van der Waals surface area contributed by atoms with E-state index < -0.39 is 0 Å². The van der Waals surface area contributed by atoms with Crippen molar-refractivity contribution in [3.05, 3.63) is 11.6 Å². The minimum atomic E-state index is -0.220. The molecule has 0 amide bonds. The van der Waals surface area contributed by atoms with E-state index in [-0.39, 0.29) is 6.67 Å². The predicted octanol–water partition coefficient (Wildman–Crippen LogP) is 1.90. The lowest BCUT2D eigenvalue weighted by Gasteiger charge is -1.97. The van der Waals surface area contributed by atoms with Crippen molar-refractivity contribution < 1.29 is 4.39 Å². The second kappa shape index (κ2) is 6.75. The van der Waals surface area contributed by atoms with Gasteiger partial charge in [0, 0.05) is 6.54 Å². The molecule has 1 N–H and O–H groups in total. The van der Waals surface area contributed by atoms with Gasteiger partial charge in [0.05, 0.1) is 6.67 Å². The van der Waals surface area contributed by atoms with Crippen LogP contribution >= 0.6 is 0 Å². The quantitative estimate of drug-likeness (QED) is 0.460. The average Bonchev–Trinajstić information content (AvgIpc) is 1.87. The number of hydrogen-bond acceptors (Lipinski definition) is 1. The van der Waals surface area contributed by atoms with Crippen LogP contribution in [0.25, 0.3) is 0 Å². The lowest BCUT2D eigenvalue weighted by molar-refractivity contribution is 0.463. The van der Waals surface area contributed by atoms with Gasteiger partial charge in [-0.05, 0) is 26.8 Å². The molecule has 2 heteroatoms. The van der Waals surface area contributed by atoms with E-state index in [4.69, 9.17) is 0 Å². The maximum absolute atomic E-state index is 11.5. The number of allylic oxidation sites excluding steroid dienone is 1. The lowest BCUT2D eigenvalue weighted by atomic mass is 10.3. The number of rotatable bonds is 5. The summed E-state index contributed by atoms with van der Waals surface area (Å²) in [4.78, 5) is 0. The van der Waals surface area contributed by atoms with Crippen LogP contribution in [0.15, 0.2) is 11.6 Å². The molecule has 0 radical (unpaired) electrons. The highest BCUT2D eigenvalue weighted by Crippen LogP contribution is 1.85. The van der Waals surface area contributed by atoms with Crippen molar-refractivity contribution in [2.24, 2.45) is 0 Å². The minimum absolute atomic E-state index is 0.220. The highest BCUT2D eigenvalue weighted by molar-refractivity contribution is 4.94. The first-order valence-electron chi connectivity index (χ1n) is 3.67. The van der Waals surface area contributed by atoms with Gasteiger partial charge in [0.15, 0.2) is 0 Å². The summed E-state index contributed by atoms with van der Waals surface area (Å²) in [6, 6.07) is 0. The molecule has 0 fully saturated rings. The zero-order chi connectivity index (χ0) is 7.82. The van der Waals surface area contributed by atoms with Crippen LogP contribution < -0.4 is 5.32 Å². The largest absolute Gasteiger partial charge is 0.313 e. The number of hydrogen-bond donors (Lipinski definition) is 1. The first-order valence-corrected chi connectivity index (χ1v) is 3.67. The smallest absolute Gasteiger partial charge is 0.0906 e. The molecule has 0 spiro atoms. The Morgan fingerprint density at radius 2 is 2.20 bits per heavy atom. The average molecular weight is 145 g/mol. The fraction of sp³-hybridized carbons (Fsp3) is 0.750. The van der Waals surface area contributed by atoms with Crippen molar-refractivity contribution in [1.29, 1.82) is 0 Å². The van der Waals surface area contributed by atoms with Crippen molar-refractivity contribution in [3.63, 3.8) is 0 Å². The molecule has 1 nitrogen and oxygen atoms in total. The van der Waals surface area contributed by atoms with Crippen LogP contribution in [-0.2, 0) is 0 Å². The van der Waals surface area contributed by atoms with Crippen molar-refractivity contribution in [3.8, 4) is 0 Å². The van der Waals surface area contributed by atoms with Gasteiger partial charge in [0.25, 0.3) is 0 Å². The fourth-order valence-corrected chi connectivity index (χ4v) is 0.570. The maximum Gasteiger partial charge on any atom is 0.0906 e. The molecule has 0 unspecified atom stereocenters. The minimum Gasteiger partial charge on any atom is -0.313 e. The van der Waals surface area contributed by atoms with E-state index in [0.29, 0.717) is 6.42 Å². The molecule has 0 aliphatic heterocycles. The Kier molecular flexibility index (Phi) is 6.50. The molecule has 0 bridgehead atoms. The van der Waals surface area contributed by atoms with E-state index in [0.717, 1.165) is 13.1 Å². The molecule has 0 aliphatic carbocycles. The number of nitrogens with one attached hydrogen (secondary N) is 1. The molecule has 0 aliphatic rings. The van der Waals surface area contributed by atoms with Gasteiger partial charge >= 0.3 is 0 Å². The van der Waals surface area contributed by atoms with Crippen LogP contribution in [-0.4, -0.2) is 19.8 Å². The molecule has 0 heterocycles. The summed E-state index contributed by atoms with van der Waals surface area (Å²) in [6.45, 7) is 5.53. The van der Waals surface area contributed by atoms with E-state index in [1.165, 1.54) is 5.57 Å². The number of alkyl halides is 1.